The van der Waals surface area contributed by atoms with Gasteiger partial charge in [0, 0.05) is 16.2 Å². The van der Waals surface area contributed by atoms with E-state index in [1.807, 2.05) is 25.4 Å². The molecule has 20 heavy (non-hydrogen) atoms. The molecule has 0 aliphatic carbocycles. The Labute approximate surface area is 129 Å². The molecule has 0 saturated carbocycles. The lowest BCUT2D eigenvalue weighted by Gasteiger charge is -2.06. The van der Waals surface area contributed by atoms with Crippen LogP contribution < -0.4 is 4.74 Å². The fraction of sp³-hybridized carbons (Fsp3) is 0.308. The van der Waals surface area contributed by atoms with Crippen LogP contribution in [0.2, 0.25) is 5.28 Å². The lowest BCUT2D eigenvalue weighted by molar-refractivity contribution is 0.314. The first-order chi connectivity index (χ1) is 9.63. The van der Waals surface area contributed by atoms with Gasteiger partial charge in [0.25, 0.3) is 0 Å². The summed E-state index contributed by atoms with van der Waals surface area (Å²) in [5, 5.41) is 1.15. The van der Waals surface area contributed by atoms with Gasteiger partial charge in [-0.3, -0.25) is 0 Å². The fourth-order valence-electron chi connectivity index (χ4n) is 1.91. The van der Waals surface area contributed by atoms with Crippen molar-refractivity contribution in [3.8, 4) is 5.88 Å². The van der Waals surface area contributed by atoms with Crippen molar-refractivity contribution in [1.82, 2.24) is 15.0 Å². The van der Waals surface area contributed by atoms with E-state index in [-0.39, 0.29) is 5.28 Å². The Balaban J connectivity index is 1.78. The van der Waals surface area contributed by atoms with Crippen LogP contribution in [-0.2, 0) is 6.42 Å². The summed E-state index contributed by atoms with van der Waals surface area (Å²) >= 11 is 9.17. The van der Waals surface area contributed by atoms with Crippen LogP contribution in [0.1, 0.15) is 15.4 Å². The second kappa shape index (κ2) is 5.63. The zero-order valence-electron chi connectivity index (χ0n) is 11.0. The summed E-state index contributed by atoms with van der Waals surface area (Å²) in [6.07, 6.45) is 0.822. The number of aryl methyl sites for hydroxylation is 2. The number of rotatable bonds is 4. The van der Waals surface area contributed by atoms with E-state index in [1.54, 1.807) is 22.7 Å². The summed E-state index contributed by atoms with van der Waals surface area (Å²) in [7, 11) is 0. The molecule has 0 saturated heterocycles. The van der Waals surface area contributed by atoms with Crippen molar-refractivity contribution in [2.75, 3.05) is 6.61 Å². The van der Waals surface area contributed by atoms with Crippen molar-refractivity contribution in [2.45, 2.75) is 20.3 Å². The first-order valence-corrected chi connectivity index (χ1v) is 8.16. The summed E-state index contributed by atoms with van der Waals surface area (Å²) in [5.41, 5.74) is 2.92. The number of hydrogen-bond acceptors (Lipinski definition) is 6. The lowest BCUT2D eigenvalue weighted by Crippen LogP contribution is -2.03. The SMILES string of the molecule is Cc1cc2c(OCCc3scnc3C)nc(Cl)nc2s1. The van der Waals surface area contributed by atoms with Gasteiger partial charge in [-0.1, -0.05) is 0 Å². The molecule has 0 atom stereocenters. The number of thiazole rings is 1. The fourth-order valence-corrected chi connectivity index (χ4v) is 3.75. The Morgan fingerprint density at radius 1 is 1.30 bits per heavy atom. The molecular weight excluding hydrogens is 314 g/mol. The smallest absolute Gasteiger partial charge is 0.227 e. The Bertz CT molecular complexity index is 753. The first-order valence-electron chi connectivity index (χ1n) is 6.09. The third kappa shape index (κ3) is 2.77. The molecule has 0 fully saturated rings. The predicted octanol–water partition coefficient (Wildman–Crippen LogP) is 4.04. The van der Waals surface area contributed by atoms with Gasteiger partial charge in [-0.2, -0.15) is 4.98 Å². The summed E-state index contributed by atoms with van der Waals surface area (Å²) in [5.74, 6) is 0.562. The van der Waals surface area contributed by atoms with Crippen molar-refractivity contribution in [1.29, 1.82) is 0 Å². The van der Waals surface area contributed by atoms with Gasteiger partial charge in [-0.15, -0.1) is 22.7 Å². The number of hydrogen-bond donors (Lipinski definition) is 0. The zero-order valence-corrected chi connectivity index (χ0v) is 13.4. The average molecular weight is 326 g/mol. The normalized spacial score (nSPS) is 11.2. The molecule has 104 valence electrons. The minimum Gasteiger partial charge on any atom is -0.477 e. The molecule has 3 aromatic heterocycles. The van der Waals surface area contributed by atoms with Crippen LogP contribution in [0, 0.1) is 13.8 Å². The third-order valence-corrected chi connectivity index (χ3v) is 4.97. The minimum atomic E-state index is 0.225. The van der Waals surface area contributed by atoms with E-state index in [0.717, 1.165) is 22.3 Å². The molecule has 0 spiro atoms. The van der Waals surface area contributed by atoms with Crippen LogP contribution in [0.3, 0.4) is 0 Å². The summed E-state index contributed by atoms with van der Waals surface area (Å²) < 4.78 is 5.79. The van der Waals surface area contributed by atoms with Crippen molar-refractivity contribution in [2.24, 2.45) is 0 Å². The molecule has 3 heterocycles. The Morgan fingerprint density at radius 3 is 2.90 bits per heavy atom. The number of ether oxygens (including phenoxy) is 1. The minimum absolute atomic E-state index is 0.225. The highest BCUT2D eigenvalue weighted by Gasteiger charge is 2.11. The maximum absolute atomic E-state index is 5.93. The summed E-state index contributed by atoms with van der Waals surface area (Å²) in [4.78, 5) is 15.9. The molecule has 0 aromatic carbocycles. The van der Waals surface area contributed by atoms with E-state index in [9.17, 15) is 0 Å². The number of aromatic nitrogens is 3. The maximum Gasteiger partial charge on any atom is 0.227 e. The molecule has 4 nitrogen and oxygen atoms in total. The molecule has 0 aliphatic heterocycles. The topological polar surface area (TPSA) is 47.9 Å². The van der Waals surface area contributed by atoms with Gasteiger partial charge < -0.3 is 4.74 Å². The van der Waals surface area contributed by atoms with Gasteiger partial charge in [0.2, 0.25) is 11.2 Å². The maximum atomic E-state index is 5.93. The van der Waals surface area contributed by atoms with E-state index in [1.165, 1.54) is 9.75 Å². The average Bonchev–Trinajstić information content (AvgIpc) is 2.95. The van der Waals surface area contributed by atoms with Gasteiger partial charge in [-0.25, -0.2) is 9.97 Å². The summed E-state index contributed by atoms with van der Waals surface area (Å²) in [6.45, 7) is 4.60. The van der Waals surface area contributed by atoms with E-state index in [4.69, 9.17) is 16.3 Å². The highest BCUT2D eigenvalue weighted by Crippen LogP contribution is 2.31. The first kappa shape index (κ1) is 13.7. The Kier molecular flexibility index (Phi) is 3.87. The standard InChI is InChI=1S/C13H12ClN3OS2/c1-7-5-9-11(16-13(14)17-12(9)20-7)18-4-3-10-8(2)15-6-19-10/h5-6H,3-4H2,1-2H3. The summed E-state index contributed by atoms with van der Waals surface area (Å²) in [6, 6.07) is 2.03. The van der Waals surface area contributed by atoms with E-state index in [2.05, 4.69) is 15.0 Å². The van der Waals surface area contributed by atoms with Crippen LogP contribution in [0.25, 0.3) is 10.2 Å². The van der Waals surface area contributed by atoms with Crippen molar-refractivity contribution < 1.29 is 4.74 Å². The molecule has 0 radical (unpaired) electrons. The highest BCUT2D eigenvalue weighted by molar-refractivity contribution is 7.18. The molecule has 0 bridgehead atoms. The molecule has 3 rings (SSSR count). The van der Waals surface area contributed by atoms with Crippen molar-refractivity contribution in [3.63, 3.8) is 0 Å². The lowest BCUT2D eigenvalue weighted by atomic mass is 10.3. The Morgan fingerprint density at radius 2 is 2.15 bits per heavy atom. The monoisotopic (exact) mass is 325 g/mol. The Hall–Kier alpha value is -1.24. The number of nitrogens with zero attached hydrogens (tertiary/aromatic N) is 3. The molecular formula is C13H12ClN3OS2. The van der Waals surface area contributed by atoms with Gasteiger partial charge in [0.1, 0.15) is 4.83 Å². The van der Waals surface area contributed by atoms with Gasteiger partial charge in [0.05, 0.1) is 23.2 Å². The third-order valence-electron chi connectivity index (χ3n) is 2.87. The van der Waals surface area contributed by atoms with E-state index >= 15 is 0 Å². The van der Waals surface area contributed by atoms with Crippen molar-refractivity contribution >= 4 is 44.5 Å². The zero-order chi connectivity index (χ0) is 14.1. The van der Waals surface area contributed by atoms with E-state index in [0.29, 0.717) is 12.5 Å². The van der Waals surface area contributed by atoms with Gasteiger partial charge in [0.15, 0.2) is 0 Å². The van der Waals surface area contributed by atoms with Crippen LogP contribution in [0.5, 0.6) is 5.88 Å². The molecule has 0 amide bonds. The van der Waals surface area contributed by atoms with Crippen LogP contribution in [-0.4, -0.2) is 21.6 Å². The van der Waals surface area contributed by atoms with E-state index < -0.39 is 0 Å². The van der Waals surface area contributed by atoms with Gasteiger partial charge in [-0.05, 0) is 31.5 Å². The number of fused-ring (bicyclic) bond motifs is 1. The van der Waals surface area contributed by atoms with Crippen LogP contribution in [0.4, 0.5) is 0 Å². The molecule has 3 aromatic rings. The molecule has 0 unspecified atom stereocenters. The quantitative estimate of drug-likeness (QED) is 0.679. The van der Waals surface area contributed by atoms with Crippen molar-refractivity contribution in [3.05, 3.63) is 32.3 Å². The highest BCUT2D eigenvalue weighted by atomic mass is 35.5. The molecule has 0 aliphatic rings. The second-order valence-electron chi connectivity index (χ2n) is 4.33. The second-order valence-corrected chi connectivity index (χ2v) is 6.85. The van der Waals surface area contributed by atoms with Crippen LogP contribution in [0.15, 0.2) is 11.6 Å². The molecule has 7 heteroatoms. The number of thiophene rings is 1. The van der Waals surface area contributed by atoms with Crippen LogP contribution >= 0.6 is 34.3 Å². The largest absolute Gasteiger partial charge is 0.477 e. The van der Waals surface area contributed by atoms with Gasteiger partial charge >= 0.3 is 0 Å². The predicted molar refractivity (Wildman–Crippen MR) is 83.2 cm³/mol. The number of halogens is 1. The molecule has 0 N–H and O–H groups in total.